The highest BCUT2D eigenvalue weighted by Crippen LogP contribution is 2.27. The number of halogens is 3. The van der Waals surface area contributed by atoms with Gasteiger partial charge in [-0.1, -0.05) is 6.07 Å². The molecule has 0 radical (unpaired) electrons. The summed E-state index contributed by atoms with van der Waals surface area (Å²) in [6.07, 6.45) is 1.48. The van der Waals surface area contributed by atoms with Crippen LogP contribution in [0.1, 0.15) is 18.0 Å². The maximum absolute atomic E-state index is 14.0. The lowest BCUT2D eigenvalue weighted by atomic mass is 10.0. The SMILES string of the molecule is CS(=O)(=O)N1CC(C(=O)N(Cc2cn3ccc(-c4nnc(C(F)F)o4)cc3n2)c2cccc(F)c2)C1. The molecule has 1 aliphatic heterocycles. The zero-order valence-electron chi connectivity index (χ0n) is 18.8. The minimum Gasteiger partial charge on any atom is -0.415 e. The van der Waals surface area contributed by atoms with E-state index in [-0.39, 0.29) is 31.4 Å². The summed E-state index contributed by atoms with van der Waals surface area (Å²) in [5, 5.41) is 6.95. The van der Waals surface area contributed by atoms with Crippen molar-refractivity contribution >= 4 is 27.3 Å². The first-order valence-electron chi connectivity index (χ1n) is 10.7. The Morgan fingerprint density at radius 2 is 2.00 bits per heavy atom. The minimum atomic E-state index is -3.41. The van der Waals surface area contributed by atoms with Gasteiger partial charge in [-0.05, 0) is 30.3 Å². The fraction of sp³-hybridized carbons (Fsp3) is 0.273. The molecule has 1 aliphatic rings. The van der Waals surface area contributed by atoms with Gasteiger partial charge in [0.15, 0.2) is 0 Å². The molecule has 0 saturated carbocycles. The predicted octanol–water partition coefficient (Wildman–Crippen LogP) is 2.89. The van der Waals surface area contributed by atoms with E-state index in [0.29, 0.717) is 22.6 Å². The third-order valence-corrected chi connectivity index (χ3v) is 6.99. The summed E-state index contributed by atoms with van der Waals surface area (Å²) in [6, 6.07) is 8.68. The average Bonchev–Trinajstić information content (AvgIpc) is 3.42. The molecule has 36 heavy (non-hydrogen) atoms. The lowest BCUT2D eigenvalue weighted by Crippen LogP contribution is -2.56. The second-order valence-corrected chi connectivity index (χ2v) is 10.3. The zero-order chi connectivity index (χ0) is 25.6. The van der Waals surface area contributed by atoms with E-state index in [4.69, 9.17) is 4.42 Å². The molecule has 188 valence electrons. The van der Waals surface area contributed by atoms with E-state index in [2.05, 4.69) is 15.2 Å². The first-order chi connectivity index (χ1) is 17.1. The normalized spacial score (nSPS) is 14.9. The van der Waals surface area contributed by atoms with Gasteiger partial charge in [0.25, 0.3) is 5.89 Å². The molecule has 1 saturated heterocycles. The van der Waals surface area contributed by atoms with Crippen LogP contribution in [-0.2, 0) is 21.4 Å². The van der Waals surface area contributed by atoms with Crippen LogP contribution in [0.5, 0.6) is 0 Å². The van der Waals surface area contributed by atoms with Gasteiger partial charge in [0.2, 0.25) is 21.8 Å². The van der Waals surface area contributed by atoms with Crippen LogP contribution in [0.25, 0.3) is 17.1 Å². The largest absolute Gasteiger partial charge is 0.415 e. The van der Waals surface area contributed by atoms with Gasteiger partial charge in [-0.15, -0.1) is 10.2 Å². The maximum atomic E-state index is 14.0. The number of carbonyl (C=O) groups is 1. The number of sulfonamides is 1. The Labute approximate surface area is 203 Å². The quantitative estimate of drug-likeness (QED) is 0.368. The third kappa shape index (κ3) is 4.68. The monoisotopic (exact) mass is 520 g/mol. The average molecular weight is 520 g/mol. The number of nitrogens with zero attached hydrogens (tertiary/aromatic N) is 6. The molecular weight excluding hydrogens is 501 g/mol. The van der Waals surface area contributed by atoms with Crippen LogP contribution in [-0.4, -0.2) is 57.6 Å². The number of amides is 1. The molecule has 1 fully saturated rings. The van der Waals surface area contributed by atoms with Gasteiger partial charge in [-0.3, -0.25) is 4.79 Å². The molecule has 10 nitrogen and oxygen atoms in total. The van der Waals surface area contributed by atoms with Crippen molar-refractivity contribution in [3.63, 3.8) is 0 Å². The number of hydrogen-bond donors (Lipinski definition) is 0. The number of carbonyl (C=O) groups excluding carboxylic acids is 1. The topological polar surface area (TPSA) is 114 Å². The van der Waals surface area contributed by atoms with Crippen LogP contribution in [0.3, 0.4) is 0 Å². The van der Waals surface area contributed by atoms with E-state index in [1.54, 1.807) is 35.0 Å². The van der Waals surface area contributed by atoms with Gasteiger partial charge < -0.3 is 13.7 Å². The van der Waals surface area contributed by atoms with Crippen molar-refractivity contribution in [3.8, 4) is 11.5 Å². The number of aromatic nitrogens is 4. The van der Waals surface area contributed by atoms with Crippen LogP contribution in [0.2, 0.25) is 0 Å². The van der Waals surface area contributed by atoms with E-state index >= 15 is 0 Å². The van der Waals surface area contributed by atoms with E-state index in [9.17, 15) is 26.4 Å². The van der Waals surface area contributed by atoms with E-state index in [0.717, 1.165) is 6.26 Å². The Bertz CT molecular complexity index is 1550. The summed E-state index contributed by atoms with van der Waals surface area (Å²) in [5.41, 5.74) is 1.58. The van der Waals surface area contributed by atoms with Crippen molar-refractivity contribution in [1.29, 1.82) is 0 Å². The fourth-order valence-electron chi connectivity index (χ4n) is 3.87. The van der Waals surface area contributed by atoms with Crippen molar-refractivity contribution in [2.45, 2.75) is 13.0 Å². The molecule has 4 aromatic rings. The van der Waals surface area contributed by atoms with Crippen molar-refractivity contribution in [1.82, 2.24) is 23.9 Å². The molecule has 0 N–H and O–H groups in total. The Balaban J connectivity index is 1.42. The predicted molar refractivity (Wildman–Crippen MR) is 121 cm³/mol. The van der Waals surface area contributed by atoms with Gasteiger partial charge in [-0.25, -0.2) is 22.1 Å². The molecule has 0 bridgehead atoms. The highest BCUT2D eigenvalue weighted by molar-refractivity contribution is 7.88. The molecule has 5 rings (SSSR count). The molecule has 3 aromatic heterocycles. The summed E-state index contributed by atoms with van der Waals surface area (Å²) in [5.74, 6) is -2.34. The lowest BCUT2D eigenvalue weighted by molar-refractivity contribution is -0.125. The fourth-order valence-corrected chi connectivity index (χ4v) is 4.77. The smallest absolute Gasteiger partial charge is 0.314 e. The summed E-state index contributed by atoms with van der Waals surface area (Å²) < 4.78 is 70.8. The summed E-state index contributed by atoms with van der Waals surface area (Å²) in [4.78, 5) is 19.1. The lowest BCUT2D eigenvalue weighted by Gasteiger charge is -2.38. The zero-order valence-corrected chi connectivity index (χ0v) is 19.6. The number of rotatable bonds is 7. The van der Waals surface area contributed by atoms with Crippen molar-refractivity contribution in [2.75, 3.05) is 24.2 Å². The van der Waals surface area contributed by atoms with E-state index in [1.165, 1.54) is 27.4 Å². The number of pyridine rings is 1. The summed E-state index contributed by atoms with van der Waals surface area (Å²) in [7, 11) is -3.41. The molecule has 14 heteroatoms. The van der Waals surface area contributed by atoms with Gasteiger partial charge in [0, 0.05) is 36.7 Å². The minimum absolute atomic E-state index is 0.00916. The van der Waals surface area contributed by atoms with Crippen molar-refractivity contribution in [2.24, 2.45) is 5.92 Å². The molecule has 4 heterocycles. The van der Waals surface area contributed by atoms with Gasteiger partial charge in [0.05, 0.1) is 24.4 Å². The maximum Gasteiger partial charge on any atom is 0.314 e. The molecule has 1 aromatic carbocycles. The first kappa shape index (κ1) is 23.9. The molecule has 1 amide bonds. The summed E-state index contributed by atoms with van der Waals surface area (Å²) in [6.45, 7) is 0.0797. The van der Waals surface area contributed by atoms with Crippen LogP contribution in [0.4, 0.5) is 18.9 Å². The third-order valence-electron chi connectivity index (χ3n) is 5.76. The summed E-state index contributed by atoms with van der Waals surface area (Å²) >= 11 is 0. The Hall–Kier alpha value is -3.78. The van der Waals surface area contributed by atoms with Crippen LogP contribution in [0, 0.1) is 11.7 Å². The van der Waals surface area contributed by atoms with Crippen LogP contribution >= 0.6 is 0 Å². The Morgan fingerprint density at radius 3 is 2.67 bits per heavy atom. The molecule has 0 unspecified atom stereocenters. The highest BCUT2D eigenvalue weighted by atomic mass is 32.2. The van der Waals surface area contributed by atoms with E-state index in [1.807, 2.05) is 0 Å². The molecule has 0 aliphatic carbocycles. The Kier molecular flexibility index (Phi) is 6.00. The molecular formula is C22H19F3N6O4S. The van der Waals surface area contributed by atoms with Crippen LogP contribution < -0.4 is 4.90 Å². The van der Waals surface area contributed by atoms with Gasteiger partial charge >= 0.3 is 6.43 Å². The standard InChI is InChI=1S/C22H19F3N6O4S/c1-36(33,34)30-9-14(10-30)22(32)31(17-4-2-3-15(23)8-17)12-16-11-29-6-5-13(7-18(29)26-16)20-27-28-21(35-20)19(24)25/h2-8,11,14,19H,9-10,12H2,1H3. The number of anilines is 1. The highest BCUT2D eigenvalue weighted by Gasteiger charge is 2.40. The van der Waals surface area contributed by atoms with Gasteiger partial charge in [0.1, 0.15) is 11.5 Å². The van der Waals surface area contributed by atoms with Crippen molar-refractivity contribution in [3.05, 3.63) is 66.2 Å². The number of fused-ring (bicyclic) bond motifs is 1. The van der Waals surface area contributed by atoms with Gasteiger partial charge in [-0.2, -0.15) is 8.78 Å². The molecule has 0 spiro atoms. The number of benzene rings is 1. The number of hydrogen-bond acceptors (Lipinski definition) is 7. The van der Waals surface area contributed by atoms with E-state index < -0.39 is 34.1 Å². The first-order valence-corrected chi connectivity index (χ1v) is 12.5. The van der Waals surface area contributed by atoms with Crippen molar-refractivity contribution < 1.29 is 30.8 Å². The number of imidazole rings is 1. The second-order valence-electron chi connectivity index (χ2n) is 8.34. The molecule has 0 atom stereocenters. The number of alkyl halides is 2. The second kappa shape index (κ2) is 9.02. The van der Waals surface area contributed by atoms with Crippen LogP contribution in [0.15, 0.2) is 53.2 Å². The Morgan fingerprint density at radius 1 is 1.22 bits per heavy atom.